The van der Waals surface area contributed by atoms with Gasteiger partial charge in [0.25, 0.3) is 0 Å². The molecule has 1 atom stereocenters. The monoisotopic (exact) mass is 479 g/mol. The first-order valence-electron chi connectivity index (χ1n) is 10.6. The molecular weight excluding hydrogens is 458 g/mol. The van der Waals surface area contributed by atoms with Crippen LogP contribution in [0.2, 0.25) is 0 Å². The summed E-state index contributed by atoms with van der Waals surface area (Å²) < 4.78 is 0. The Kier molecular flexibility index (Phi) is 7.12. The number of hydrogen-bond donors (Lipinski definition) is 3. The van der Waals surface area contributed by atoms with Gasteiger partial charge in [-0.05, 0) is 73.0 Å². The lowest BCUT2D eigenvalue weighted by molar-refractivity contribution is 0.215. The van der Waals surface area contributed by atoms with Crippen molar-refractivity contribution in [1.29, 1.82) is 10.5 Å². The number of aryl methyl sites for hydroxylation is 2. The molecule has 2 aromatic heterocycles. The predicted molar refractivity (Wildman–Crippen MR) is 136 cm³/mol. The second-order valence-corrected chi connectivity index (χ2v) is 8.63. The van der Waals surface area contributed by atoms with E-state index in [-0.39, 0.29) is 5.95 Å². The highest BCUT2D eigenvalue weighted by molar-refractivity contribution is 7.09. The van der Waals surface area contributed by atoms with Gasteiger partial charge in [0.05, 0.1) is 23.4 Å². The van der Waals surface area contributed by atoms with E-state index in [1.165, 1.54) is 17.4 Å². The van der Waals surface area contributed by atoms with Crippen molar-refractivity contribution in [3.63, 3.8) is 0 Å². The number of aromatic nitrogens is 3. The van der Waals surface area contributed by atoms with E-state index in [4.69, 9.17) is 10.5 Å². The standard InChI is InChI=1S/C26H21N7OS/c1-16-12-19(4-3-9-27)13-17(2)23(16)32-22-14-21(24(34)25-29-10-11-35-25)31-26(33-22)30-20-7-5-18(15-28)6-8-20/h3-8,10-14,24,34H,1-2H3,(H2,30,31,32,33). The first-order chi connectivity index (χ1) is 17.0. The Bertz CT molecular complexity index is 1430. The fourth-order valence-corrected chi connectivity index (χ4v) is 4.16. The fraction of sp³-hybridized carbons (Fsp3) is 0.115. The maximum Gasteiger partial charge on any atom is 0.229 e. The molecular formula is C26H21N7OS. The molecule has 0 aliphatic rings. The molecule has 1 unspecified atom stereocenters. The second kappa shape index (κ2) is 10.6. The van der Waals surface area contributed by atoms with Gasteiger partial charge in [0, 0.05) is 35.1 Å². The number of nitrogens with zero attached hydrogens (tertiary/aromatic N) is 5. The van der Waals surface area contributed by atoms with E-state index >= 15 is 0 Å². The molecule has 3 N–H and O–H groups in total. The SMILES string of the molecule is Cc1cc(C=CC#N)cc(C)c1Nc1cc(C(O)c2nccs2)nc(Nc2ccc(C#N)cc2)n1. The number of rotatable bonds is 7. The molecule has 9 heteroatoms. The van der Waals surface area contributed by atoms with Crippen LogP contribution in [0.3, 0.4) is 0 Å². The van der Waals surface area contributed by atoms with Gasteiger partial charge in [-0.1, -0.05) is 0 Å². The summed E-state index contributed by atoms with van der Waals surface area (Å²) in [6, 6.07) is 16.7. The zero-order valence-electron chi connectivity index (χ0n) is 19.0. The summed E-state index contributed by atoms with van der Waals surface area (Å²) in [5.74, 6) is 0.780. The summed E-state index contributed by atoms with van der Waals surface area (Å²) in [5, 5.41) is 37.6. The van der Waals surface area contributed by atoms with Crippen molar-refractivity contribution in [3.8, 4) is 12.1 Å². The van der Waals surface area contributed by atoms with Crippen LogP contribution in [0.25, 0.3) is 6.08 Å². The number of aliphatic hydroxyl groups excluding tert-OH is 1. The van der Waals surface area contributed by atoms with Crippen LogP contribution in [0.15, 0.2) is 60.1 Å². The number of benzene rings is 2. The molecule has 4 rings (SSSR count). The molecule has 0 radical (unpaired) electrons. The van der Waals surface area contributed by atoms with Gasteiger partial charge in [-0.2, -0.15) is 15.5 Å². The van der Waals surface area contributed by atoms with E-state index < -0.39 is 6.10 Å². The summed E-state index contributed by atoms with van der Waals surface area (Å²) in [4.78, 5) is 13.3. The van der Waals surface area contributed by atoms with Crippen LogP contribution in [0, 0.1) is 36.5 Å². The topological polar surface area (TPSA) is 131 Å². The number of nitrogens with one attached hydrogen (secondary N) is 2. The minimum absolute atomic E-state index is 0.286. The third-order valence-electron chi connectivity index (χ3n) is 5.14. The van der Waals surface area contributed by atoms with Gasteiger partial charge in [0.1, 0.15) is 16.9 Å². The zero-order valence-corrected chi connectivity index (χ0v) is 19.8. The highest BCUT2D eigenvalue weighted by Crippen LogP contribution is 2.30. The van der Waals surface area contributed by atoms with Crippen molar-refractivity contribution >= 4 is 40.6 Å². The van der Waals surface area contributed by atoms with Gasteiger partial charge >= 0.3 is 0 Å². The van der Waals surface area contributed by atoms with Crippen molar-refractivity contribution in [2.45, 2.75) is 20.0 Å². The van der Waals surface area contributed by atoms with E-state index in [0.717, 1.165) is 22.4 Å². The molecule has 0 amide bonds. The number of anilines is 4. The van der Waals surface area contributed by atoms with E-state index in [1.807, 2.05) is 32.0 Å². The number of nitriles is 2. The lowest BCUT2D eigenvalue weighted by atomic mass is 10.0. The van der Waals surface area contributed by atoms with Gasteiger partial charge in [-0.3, -0.25) is 0 Å². The van der Waals surface area contributed by atoms with E-state index in [9.17, 15) is 5.11 Å². The molecule has 2 aromatic carbocycles. The first kappa shape index (κ1) is 23.6. The smallest absolute Gasteiger partial charge is 0.229 e. The third-order valence-corrected chi connectivity index (χ3v) is 5.97. The Hall–Kier alpha value is -4.57. The summed E-state index contributed by atoms with van der Waals surface area (Å²) in [6.07, 6.45) is 3.82. The molecule has 0 aliphatic heterocycles. The summed E-state index contributed by atoms with van der Waals surface area (Å²) in [5.41, 5.74) is 5.39. The molecule has 0 saturated heterocycles. The van der Waals surface area contributed by atoms with Gasteiger partial charge in [-0.25, -0.2) is 9.97 Å². The molecule has 8 nitrogen and oxygen atoms in total. The molecule has 0 aliphatic carbocycles. The van der Waals surface area contributed by atoms with Crippen LogP contribution in [0.4, 0.5) is 23.1 Å². The van der Waals surface area contributed by atoms with Crippen molar-refractivity contribution in [2.24, 2.45) is 0 Å². The van der Waals surface area contributed by atoms with Crippen LogP contribution in [-0.2, 0) is 0 Å². The van der Waals surface area contributed by atoms with Crippen LogP contribution in [0.5, 0.6) is 0 Å². The average Bonchev–Trinajstić information content (AvgIpc) is 3.40. The highest BCUT2D eigenvalue weighted by Gasteiger charge is 2.18. The molecule has 2 heterocycles. The molecule has 0 spiro atoms. The number of hydrogen-bond acceptors (Lipinski definition) is 9. The number of thiazole rings is 1. The van der Waals surface area contributed by atoms with E-state index in [1.54, 1.807) is 48.0 Å². The number of aliphatic hydroxyl groups is 1. The third kappa shape index (κ3) is 5.68. The first-order valence-corrected chi connectivity index (χ1v) is 11.5. The minimum atomic E-state index is -1.01. The van der Waals surface area contributed by atoms with Crippen LogP contribution >= 0.6 is 11.3 Å². The van der Waals surface area contributed by atoms with Crippen LogP contribution < -0.4 is 10.6 Å². The van der Waals surface area contributed by atoms with Crippen molar-refractivity contribution in [3.05, 3.63) is 93.1 Å². The molecule has 172 valence electrons. The molecule has 0 fully saturated rings. The quantitative estimate of drug-likeness (QED) is 0.295. The second-order valence-electron chi connectivity index (χ2n) is 7.71. The van der Waals surface area contributed by atoms with Crippen LogP contribution in [0.1, 0.15) is 39.1 Å². The van der Waals surface area contributed by atoms with E-state index in [0.29, 0.717) is 27.8 Å². The van der Waals surface area contributed by atoms with Crippen molar-refractivity contribution in [2.75, 3.05) is 10.6 Å². The minimum Gasteiger partial charge on any atom is -0.380 e. The zero-order chi connectivity index (χ0) is 24.8. The Morgan fingerprint density at radius 3 is 2.40 bits per heavy atom. The molecule has 0 saturated carbocycles. The Morgan fingerprint density at radius 1 is 1.03 bits per heavy atom. The molecule has 35 heavy (non-hydrogen) atoms. The van der Waals surface area contributed by atoms with E-state index in [2.05, 4.69) is 31.7 Å². The normalized spacial score (nSPS) is 11.6. The largest absolute Gasteiger partial charge is 0.380 e. The maximum absolute atomic E-state index is 10.9. The summed E-state index contributed by atoms with van der Waals surface area (Å²) in [7, 11) is 0. The lowest BCUT2D eigenvalue weighted by Gasteiger charge is -2.16. The van der Waals surface area contributed by atoms with Gasteiger partial charge in [-0.15, -0.1) is 11.3 Å². The predicted octanol–water partition coefficient (Wildman–Crippen LogP) is 5.53. The fourth-order valence-electron chi connectivity index (χ4n) is 3.53. The number of allylic oxidation sites excluding steroid dienone is 1. The Labute approximate surface area is 206 Å². The van der Waals surface area contributed by atoms with Crippen molar-refractivity contribution in [1.82, 2.24) is 15.0 Å². The van der Waals surface area contributed by atoms with Crippen LogP contribution in [-0.4, -0.2) is 20.1 Å². The highest BCUT2D eigenvalue weighted by atomic mass is 32.1. The summed E-state index contributed by atoms with van der Waals surface area (Å²) in [6.45, 7) is 3.95. The molecule has 0 bridgehead atoms. The van der Waals surface area contributed by atoms with Gasteiger partial charge < -0.3 is 15.7 Å². The Balaban J connectivity index is 1.71. The van der Waals surface area contributed by atoms with Gasteiger partial charge in [0.15, 0.2) is 0 Å². The maximum atomic E-state index is 10.9. The Morgan fingerprint density at radius 2 is 1.77 bits per heavy atom. The van der Waals surface area contributed by atoms with Gasteiger partial charge in [0.2, 0.25) is 5.95 Å². The average molecular weight is 480 g/mol. The molecule has 4 aromatic rings. The van der Waals surface area contributed by atoms with Crippen molar-refractivity contribution < 1.29 is 5.11 Å². The summed E-state index contributed by atoms with van der Waals surface area (Å²) >= 11 is 1.34. The lowest BCUT2D eigenvalue weighted by Crippen LogP contribution is -2.09.